The molecule has 0 radical (unpaired) electrons. The summed E-state index contributed by atoms with van der Waals surface area (Å²) in [5.74, 6) is 0.716. The Morgan fingerprint density at radius 3 is 2.64 bits per heavy atom. The molecule has 0 aliphatic carbocycles. The van der Waals surface area contributed by atoms with Crippen molar-refractivity contribution in [2.45, 2.75) is 45.7 Å². The molecule has 4 heterocycles. The molecule has 33 heavy (non-hydrogen) atoms. The Bertz CT molecular complexity index is 1160. The van der Waals surface area contributed by atoms with E-state index in [4.69, 9.17) is 17.0 Å². The first-order valence-corrected chi connectivity index (χ1v) is 11.5. The molecule has 7 nitrogen and oxygen atoms in total. The predicted octanol–water partition coefficient (Wildman–Crippen LogP) is 4.12. The van der Waals surface area contributed by atoms with Crippen LogP contribution in [0.25, 0.3) is 5.82 Å². The predicted molar refractivity (Wildman–Crippen MR) is 131 cm³/mol. The van der Waals surface area contributed by atoms with Gasteiger partial charge in [-0.1, -0.05) is 12.1 Å². The molecule has 0 spiro atoms. The van der Waals surface area contributed by atoms with Gasteiger partial charge >= 0.3 is 5.97 Å². The fraction of sp³-hybridized carbons (Fsp3) is 0.360. The standard InChI is InChI=1S/C25H29N5O2S/c1-16-9-7-13-27-24(16)30-17(2)15-19(18(30)3)23-22(20-10-5-6-12-26-20)28-25(33)29(23)14-8-11-21(31)32-4/h5-7,9-10,12-13,15,22-23H,8,11,14H2,1-4H3,(H,28,33)/t22-,23+/m1/s1. The molecular weight excluding hydrogens is 434 g/mol. The number of pyridine rings is 2. The SMILES string of the molecule is COC(=O)CCCN1C(=S)N[C@H](c2ccccn2)[C@@H]1c1cc(C)n(-c2ncccc2C)c1C. The second kappa shape index (κ2) is 9.70. The smallest absolute Gasteiger partial charge is 0.305 e. The number of nitrogens with zero attached hydrogens (tertiary/aromatic N) is 4. The van der Waals surface area contributed by atoms with Gasteiger partial charge in [-0.15, -0.1) is 0 Å². The van der Waals surface area contributed by atoms with Gasteiger partial charge in [-0.3, -0.25) is 9.78 Å². The number of aromatic nitrogens is 3. The zero-order valence-corrected chi connectivity index (χ0v) is 20.2. The van der Waals surface area contributed by atoms with Crippen LogP contribution in [0.3, 0.4) is 0 Å². The van der Waals surface area contributed by atoms with Crippen LogP contribution in [0.5, 0.6) is 0 Å². The van der Waals surface area contributed by atoms with Gasteiger partial charge in [0.1, 0.15) is 5.82 Å². The van der Waals surface area contributed by atoms with Crippen molar-refractivity contribution in [1.82, 2.24) is 24.8 Å². The van der Waals surface area contributed by atoms with E-state index in [0.29, 0.717) is 24.5 Å². The largest absolute Gasteiger partial charge is 0.469 e. The zero-order valence-electron chi connectivity index (χ0n) is 19.4. The number of carbonyl (C=O) groups excluding carboxylic acids is 1. The maximum atomic E-state index is 11.7. The molecule has 1 aliphatic rings. The van der Waals surface area contributed by atoms with Gasteiger partial charge in [-0.2, -0.15) is 0 Å². The quantitative estimate of drug-likeness (QED) is 0.417. The summed E-state index contributed by atoms with van der Waals surface area (Å²) in [6.07, 6.45) is 4.63. The number of thiocarbonyl (C=S) groups is 1. The molecule has 1 saturated heterocycles. The van der Waals surface area contributed by atoms with E-state index in [0.717, 1.165) is 28.5 Å². The average molecular weight is 464 g/mol. The van der Waals surface area contributed by atoms with Crippen LogP contribution in [-0.2, 0) is 9.53 Å². The minimum absolute atomic E-state index is 0.0611. The Labute approximate surface area is 199 Å². The molecule has 2 atom stereocenters. The number of hydrogen-bond acceptors (Lipinski definition) is 5. The van der Waals surface area contributed by atoms with E-state index in [2.05, 4.69) is 57.7 Å². The molecule has 0 amide bonds. The van der Waals surface area contributed by atoms with Gasteiger partial charge in [-0.25, -0.2) is 4.98 Å². The molecule has 8 heteroatoms. The Morgan fingerprint density at radius 2 is 1.94 bits per heavy atom. The second-order valence-electron chi connectivity index (χ2n) is 8.31. The molecule has 3 aromatic rings. The van der Waals surface area contributed by atoms with Gasteiger partial charge in [0.05, 0.1) is 24.9 Å². The lowest BCUT2D eigenvalue weighted by Gasteiger charge is -2.28. The van der Waals surface area contributed by atoms with Crippen molar-refractivity contribution in [2.24, 2.45) is 0 Å². The van der Waals surface area contributed by atoms with E-state index in [1.807, 2.05) is 30.5 Å². The van der Waals surface area contributed by atoms with Gasteiger partial charge in [0, 0.05) is 36.7 Å². The highest BCUT2D eigenvalue weighted by atomic mass is 32.1. The molecule has 172 valence electrons. The molecule has 1 fully saturated rings. The third-order valence-electron chi connectivity index (χ3n) is 6.19. The van der Waals surface area contributed by atoms with Crippen molar-refractivity contribution in [3.63, 3.8) is 0 Å². The summed E-state index contributed by atoms with van der Waals surface area (Å²) in [4.78, 5) is 23.1. The summed E-state index contributed by atoms with van der Waals surface area (Å²) in [6.45, 7) is 6.94. The second-order valence-corrected chi connectivity index (χ2v) is 8.69. The Hall–Kier alpha value is -3.26. The molecular formula is C25H29N5O2S. The number of esters is 1. The Morgan fingerprint density at radius 1 is 1.15 bits per heavy atom. The molecule has 0 unspecified atom stereocenters. The third-order valence-corrected chi connectivity index (χ3v) is 6.54. The first-order chi connectivity index (χ1) is 15.9. The van der Waals surface area contributed by atoms with Gasteiger partial charge in [0.2, 0.25) is 0 Å². The molecule has 4 rings (SSSR count). The lowest BCUT2D eigenvalue weighted by atomic mass is 9.96. The van der Waals surface area contributed by atoms with Crippen molar-refractivity contribution in [2.75, 3.05) is 13.7 Å². The lowest BCUT2D eigenvalue weighted by molar-refractivity contribution is -0.140. The first-order valence-electron chi connectivity index (χ1n) is 11.1. The molecule has 1 N–H and O–H groups in total. The van der Waals surface area contributed by atoms with Gasteiger partial charge in [0.25, 0.3) is 0 Å². The minimum Gasteiger partial charge on any atom is -0.469 e. The molecule has 0 bridgehead atoms. The van der Waals surface area contributed by atoms with E-state index in [9.17, 15) is 4.79 Å². The first kappa shape index (κ1) is 22.9. The summed E-state index contributed by atoms with van der Waals surface area (Å²) in [5, 5.41) is 4.15. The number of methoxy groups -OCH3 is 1. The number of carbonyl (C=O) groups is 1. The fourth-order valence-corrected chi connectivity index (χ4v) is 4.94. The zero-order chi connectivity index (χ0) is 23.5. The van der Waals surface area contributed by atoms with Crippen molar-refractivity contribution >= 4 is 23.3 Å². The van der Waals surface area contributed by atoms with Crippen LogP contribution in [0.15, 0.2) is 48.8 Å². The van der Waals surface area contributed by atoms with Crippen LogP contribution >= 0.6 is 12.2 Å². The summed E-state index contributed by atoms with van der Waals surface area (Å²) < 4.78 is 7.02. The maximum absolute atomic E-state index is 11.7. The number of aryl methyl sites for hydroxylation is 2. The topological polar surface area (TPSA) is 72.3 Å². The molecule has 1 aliphatic heterocycles. The average Bonchev–Trinajstić information content (AvgIpc) is 3.30. The monoisotopic (exact) mass is 463 g/mol. The van der Waals surface area contributed by atoms with Crippen molar-refractivity contribution < 1.29 is 9.53 Å². The van der Waals surface area contributed by atoms with E-state index in [-0.39, 0.29) is 18.1 Å². The van der Waals surface area contributed by atoms with Crippen LogP contribution in [0.2, 0.25) is 0 Å². The van der Waals surface area contributed by atoms with Crippen molar-refractivity contribution in [3.8, 4) is 5.82 Å². The highest BCUT2D eigenvalue weighted by molar-refractivity contribution is 7.80. The van der Waals surface area contributed by atoms with Crippen LogP contribution in [0, 0.1) is 20.8 Å². The van der Waals surface area contributed by atoms with Crippen LogP contribution in [-0.4, -0.2) is 44.2 Å². The summed E-state index contributed by atoms with van der Waals surface area (Å²) in [5.41, 5.74) is 5.43. The van der Waals surface area contributed by atoms with Crippen molar-refractivity contribution in [3.05, 3.63) is 77.0 Å². The fourth-order valence-electron chi connectivity index (χ4n) is 4.61. The Kier molecular flexibility index (Phi) is 6.74. The van der Waals surface area contributed by atoms with E-state index < -0.39 is 0 Å². The van der Waals surface area contributed by atoms with Crippen LogP contribution in [0.1, 0.15) is 53.1 Å². The third kappa shape index (κ3) is 4.48. The molecule has 3 aromatic heterocycles. The van der Waals surface area contributed by atoms with E-state index in [1.54, 1.807) is 6.20 Å². The van der Waals surface area contributed by atoms with Crippen LogP contribution < -0.4 is 5.32 Å². The highest BCUT2D eigenvalue weighted by Crippen LogP contribution is 2.41. The maximum Gasteiger partial charge on any atom is 0.305 e. The van der Waals surface area contributed by atoms with Gasteiger partial charge < -0.3 is 19.5 Å². The number of hydrogen-bond donors (Lipinski definition) is 1. The van der Waals surface area contributed by atoms with Crippen molar-refractivity contribution in [1.29, 1.82) is 0 Å². The highest BCUT2D eigenvalue weighted by Gasteiger charge is 2.41. The van der Waals surface area contributed by atoms with Crippen LogP contribution in [0.4, 0.5) is 0 Å². The summed E-state index contributed by atoms with van der Waals surface area (Å²) in [6, 6.07) is 12.0. The summed E-state index contributed by atoms with van der Waals surface area (Å²) in [7, 11) is 1.42. The number of nitrogens with one attached hydrogen (secondary N) is 1. The lowest BCUT2D eigenvalue weighted by Crippen LogP contribution is -2.31. The minimum atomic E-state index is -0.213. The molecule has 0 saturated carbocycles. The number of rotatable bonds is 7. The van der Waals surface area contributed by atoms with Gasteiger partial charge in [-0.05, 0) is 74.8 Å². The van der Waals surface area contributed by atoms with Gasteiger partial charge in [0.15, 0.2) is 5.11 Å². The van der Waals surface area contributed by atoms with E-state index in [1.165, 1.54) is 12.7 Å². The molecule has 0 aromatic carbocycles. The number of ether oxygens (including phenoxy) is 1. The Balaban J connectivity index is 1.76. The normalized spacial score (nSPS) is 17.8. The summed E-state index contributed by atoms with van der Waals surface area (Å²) >= 11 is 5.75. The van der Waals surface area contributed by atoms with E-state index >= 15 is 0 Å².